The molecule has 1 aromatic carbocycles. The Bertz CT molecular complexity index is 456. The number of hydrogen-bond donors (Lipinski definition) is 0. The minimum absolute atomic E-state index is 0.670. The summed E-state index contributed by atoms with van der Waals surface area (Å²) in [5.74, 6) is 1.59. The smallest absolute Gasteiger partial charge is 0.119 e. The van der Waals surface area contributed by atoms with Crippen molar-refractivity contribution in [2.24, 2.45) is 5.92 Å². The summed E-state index contributed by atoms with van der Waals surface area (Å²) >= 11 is 0. The number of piperazine rings is 1. The van der Waals surface area contributed by atoms with Gasteiger partial charge in [0.25, 0.3) is 0 Å². The number of benzene rings is 1. The van der Waals surface area contributed by atoms with Crippen molar-refractivity contribution in [3.05, 3.63) is 29.8 Å². The van der Waals surface area contributed by atoms with E-state index in [0.29, 0.717) is 12.2 Å². The molecule has 21 heavy (non-hydrogen) atoms. The van der Waals surface area contributed by atoms with Crippen molar-refractivity contribution in [1.82, 2.24) is 9.80 Å². The van der Waals surface area contributed by atoms with E-state index in [1.165, 1.54) is 6.54 Å². The maximum atomic E-state index is 8.75. The van der Waals surface area contributed by atoms with Gasteiger partial charge in [0.05, 0.1) is 11.6 Å². The summed E-state index contributed by atoms with van der Waals surface area (Å²) in [4.78, 5) is 5.00. The van der Waals surface area contributed by atoms with Gasteiger partial charge in [-0.1, -0.05) is 13.8 Å². The first kappa shape index (κ1) is 15.8. The standard InChI is InChI=1S/C17H25N3O/c1-15(2)14-20-9-7-19(8-10-20)11-12-21-17-5-3-16(13-18)4-6-17/h3-6,15H,7-12,14H2,1-2H3. The van der Waals surface area contributed by atoms with E-state index >= 15 is 0 Å². The molecule has 1 saturated heterocycles. The molecule has 4 heteroatoms. The van der Waals surface area contributed by atoms with Crippen molar-refractivity contribution in [3.63, 3.8) is 0 Å². The zero-order valence-corrected chi connectivity index (χ0v) is 13.1. The van der Waals surface area contributed by atoms with Crippen molar-refractivity contribution in [2.75, 3.05) is 45.9 Å². The first-order chi connectivity index (χ1) is 10.2. The first-order valence-corrected chi connectivity index (χ1v) is 7.75. The minimum atomic E-state index is 0.670. The Kier molecular flexibility index (Phi) is 6.04. The van der Waals surface area contributed by atoms with Gasteiger partial charge >= 0.3 is 0 Å². The maximum Gasteiger partial charge on any atom is 0.119 e. The molecule has 0 atom stereocenters. The van der Waals surface area contributed by atoms with Crippen molar-refractivity contribution in [3.8, 4) is 11.8 Å². The normalized spacial score (nSPS) is 16.9. The monoisotopic (exact) mass is 287 g/mol. The average Bonchev–Trinajstić information content (AvgIpc) is 2.49. The molecule has 0 saturated carbocycles. The third-order valence-electron chi connectivity index (χ3n) is 3.75. The Balaban J connectivity index is 1.64. The van der Waals surface area contributed by atoms with Crippen LogP contribution in [0.1, 0.15) is 19.4 Å². The Hall–Kier alpha value is -1.57. The van der Waals surface area contributed by atoms with Crippen LogP contribution in [0, 0.1) is 17.2 Å². The zero-order valence-electron chi connectivity index (χ0n) is 13.1. The van der Waals surface area contributed by atoms with Crippen molar-refractivity contribution >= 4 is 0 Å². The van der Waals surface area contributed by atoms with E-state index in [0.717, 1.165) is 44.4 Å². The molecule has 0 aromatic heterocycles. The van der Waals surface area contributed by atoms with Crippen molar-refractivity contribution in [1.29, 1.82) is 5.26 Å². The molecular weight excluding hydrogens is 262 g/mol. The zero-order chi connectivity index (χ0) is 15.1. The summed E-state index contributed by atoms with van der Waals surface area (Å²) in [5.41, 5.74) is 0.670. The molecule has 0 aliphatic carbocycles. The number of hydrogen-bond acceptors (Lipinski definition) is 4. The SMILES string of the molecule is CC(C)CN1CCN(CCOc2ccc(C#N)cc2)CC1. The molecule has 1 aliphatic rings. The number of nitrogens with zero attached hydrogens (tertiary/aromatic N) is 3. The molecule has 0 radical (unpaired) electrons. The molecule has 114 valence electrons. The van der Waals surface area contributed by atoms with E-state index in [-0.39, 0.29) is 0 Å². The molecule has 1 aromatic rings. The molecule has 1 heterocycles. The summed E-state index contributed by atoms with van der Waals surface area (Å²) in [6, 6.07) is 9.41. The van der Waals surface area contributed by atoms with Gasteiger partial charge in [-0.25, -0.2) is 0 Å². The van der Waals surface area contributed by atoms with Gasteiger partial charge in [0, 0.05) is 39.3 Å². The number of rotatable bonds is 6. The maximum absolute atomic E-state index is 8.75. The highest BCUT2D eigenvalue weighted by Gasteiger charge is 2.16. The van der Waals surface area contributed by atoms with Crippen LogP contribution in [-0.4, -0.2) is 55.7 Å². The van der Waals surface area contributed by atoms with E-state index in [1.54, 1.807) is 12.1 Å². The van der Waals surface area contributed by atoms with Crippen molar-refractivity contribution < 1.29 is 4.74 Å². The van der Waals surface area contributed by atoms with Crippen LogP contribution in [0.5, 0.6) is 5.75 Å². The van der Waals surface area contributed by atoms with Gasteiger partial charge in [0.2, 0.25) is 0 Å². The topological polar surface area (TPSA) is 39.5 Å². The van der Waals surface area contributed by atoms with E-state index in [4.69, 9.17) is 10.00 Å². The van der Waals surface area contributed by atoms with Gasteiger partial charge < -0.3 is 9.64 Å². The minimum Gasteiger partial charge on any atom is -0.492 e. The van der Waals surface area contributed by atoms with Gasteiger partial charge in [-0.3, -0.25) is 4.90 Å². The van der Waals surface area contributed by atoms with Crippen LogP contribution < -0.4 is 4.74 Å². The van der Waals surface area contributed by atoms with E-state index in [9.17, 15) is 0 Å². The highest BCUT2D eigenvalue weighted by Crippen LogP contribution is 2.11. The average molecular weight is 287 g/mol. The summed E-state index contributed by atoms with van der Waals surface area (Å²) in [6.45, 7) is 12.0. The lowest BCUT2D eigenvalue weighted by Gasteiger charge is -2.35. The first-order valence-electron chi connectivity index (χ1n) is 7.75. The van der Waals surface area contributed by atoms with Gasteiger partial charge in [-0.05, 0) is 30.2 Å². The lowest BCUT2D eigenvalue weighted by atomic mass is 10.2. The molecule has 1 aliphatic heterocycles. The summed E-state index contributed by atoms with van der Waals surface area (Å²) < 4.78 is 5.73. The van der Waals surface area contributed by atoms with Gasteiger partial charge in [0.15, 0.2) is 0 Å². The number of nitriles is 1. The highest BCUT2D eigenvalue weighted by atomic mass is 16.5. The fraction of sp³-hybridized carbons (Fsp3) is 0.588. The van der Waals surface area contributed by atoms with Crippen LogP contribution in [0.4, 0.5) is 0 Å². The summed E-state index contributed by atoms with van der Waals surface area (Å²) in [7, 11) is 0. The summed E-state index contributed by atoms with van der Waals surface area (Å²) in [6.07, 6.45) is 0. The summed E-state index contributed by atoms with van der Waals surface area (Å²) in [5, 5.41) is 8.75. The molecule has 1 fully saturated rings. The van der Waals surface area contributed by atoms with E-state index in [2.05, 4.69) is 29.7 Å². The predicted octanol–water partition coefficient (Wildman–Crippen LogP) is 2.21. The van der Waals surface area contributed by atoms with Crippen LogP contribution in [0.25, 0.3) is 0 Å². The largest absolute Gasteiger partial charge is 0.492 e. The van der Waals surface area contributed by atoms with Gasteiger partial charge in [-0.15, -0.1) is 0 Å². The Morgan fingerprint density at radius 1 is 1.10 bits per heavy atom. The molecule has 0 amide bonds. The van der Waals surface area contributed by atoms with Crippen LogP contribution in [-0.2, 0) is 0 Å². The third kappa shape index (κ3) is 5.37. The third-order valence-corrected chi connectivity index (χ3v) is 3.75. The molecule has 2 rings (SSSR count). The lowest BCUT2D eigenvalue weighted by Crippen LogP contribution is -2.48. The molecule has 0 N–H and O–H groups in total. The van der Waals surface area contributed by atoms with Gasteiger partial charge in [0.1, 0.15) is 12.4 Å². The number of ether oxygens (including phenoxy) is 1. The van der Waals surface area contributed by atoms with E-state index in [1.807, 2.05) is 12.1 Å². The van der Waals surface area contributed by atoms with Crippen molar-refractivity contribution in [2.45, 2.75) is 13.8 Å². The molecule has 0 bridgehead atoms. The molecular formula is C17H25N3O. The highest BCUT2D eigenvalue weighted by molar-refractivity contribution is 5.34. The fourth-order valence-electron chi connectivity index (χ4n) is 2.63. The quantitative estimate of drug-likeness (QED) is 0.804. The van der Waals surface area contributed by atoms with Crippen LogP contribution in [0.3, 0.4) is 0 Å². The Morgan fingerprint density at radius 2 is 1.71 bits per heavy atom. The lowest BCUT2D eigenvalue weighted by molar-refractivity contribution is 0.109. The second-order valence-electron chi connectivity index (χ2n) is 6.02. The van der Waals surface area contributed by atoms with Crippen LogP contribution in [0.2, 0.25) is 0 Å². The Morgan fingerprint density at radius 3 is 2.29 bits per heavy atom. The van der Waals surface area contributed by atoms with Gasteiger partial charge in [-0.2, -0.15) is 5.26 Å². The molecule has 0 unspecified atom stereocenters. The second kappa shape index (κ2) is 8.02. The fourth-order valence-corrected chi connectivity index (χ4v) is 2.63. The predicted molar refractivity (Wildman–Crippen MR) is 84.4 cm³/mol. The van der Waals surface area contributed by atoms with Crippen LogP contribution in [0.15, 0.2) is 24.3 Å². The van der Waals surface area contributed by atoms with E-state index < -0.39 is 0 Å². The molecule has 0 spiro atoms. The van der Waals surface area contributed by atoms with Crippen LogP contribution >= 0.6 is 0 Å². The molecule has 4 nitrogen and oxygen atoms in total. The Labute approximate surface area is 127 Å². The second-order valence-corrected chi connectivity index (χ2v) is 6.02.